The van der Waals surface area contributed by atoms with Gasteiger partial charge in [-0.3, -0.25) is 9.97 Å². The van der Waals surface area contributed by atoms with Crippen LogP contribution in [-0.4, -0.2) is 64.8 Å². The molecule has 0 aliphatic heterocycles. The first-order valence-corrected chi connectivity index (χ1v) is 49.3. The number of fused-ring (bicyclic) bond motifs is 9. The second-order valence-corrected chi connectivity index (χ2v) is 39.2. The molecule has 13 heteroatoms. The molecule has 0 spiro atoms. The van der Waals surface area contributed by atoms with Crippen molar-refractivity contribution in [2.75, 3.05) is 0 Å². The van der Waals surface area contributed by atoms with Gasteiger partial charge in [0.05, 0.1) is 5.69 Å². The maximum Gasteiger partial charge on any atom is 0.164 e. The molecular formula is C133H105N13. The number of aryl methyl sites for hydroxylation is 4. The van der Waals surface area contributed by atoms with Crippen LogP contribution in [0.4, 0.5) is 0 Å². The van der Waals surface area contributed by atoms with Gasteiger partial charge in [-0.1, -0.05) is 377 Å². The normalized spacial score (nSPS) is 12.7. The molecule has 146 heavy (non-hydrogen) atoms. The molecule has 0 saturated heterocycles. The van der Waals surface area contributed by atoms with Gasteiger partial charge < -0.3 is 0 Å². The highest BCUT2D eigenvalue weighted by atomic mass is 15.1. The summed E-state index contributed by atoms with van der Waals surface area (Å²) in [6, 6.07) is 148. The molecule has 0 N–H and O–H groups in total. The highest BCUT2D eigenvalue weighted by Crippen LogP contribution is 2.54. The van der Waals surface area contributed by atoms with E-state index >= 15 is 0 Å². The Kier molecular flexibility index (Phi) is 24.7. The number of pyridine rings is 2. The Balaban J connectivity index is 0.000000125. The van der Waals surface area contributed by atoms with Crippen molar-refractivity contribution in [2.45, 2.75) is 92.9 Å². The first-order valence-electron chi connectivity index (χ1n) is 49.3. The largest absolute Gasteiger partial charge is 0.261 e. The zero-order chi connectivity index (χ0) is 98.6. The van der Waals surface area contributed by atoms with Gasteiger partial charge in [-0.2, -0.15) is 0 Å². The van der Waals surface area contributed by atoms with Crippen molar-refractivity contribution >= 4 is 0 Å². The van der Waals surface area contributed by atoms with Crippen LogP contribution in [0.25, 0.3) is 214 Å². The molecule has 0 atom stereocenters. The highest BCUT2D eigenvalue weighted by molar-refractivity contribution is 5.92. The highest BCUT2D eigenvalue weighted by Gasteiger charge is 2.39. The minimum absolute atomic E-state index is 0. The monoisotopic (exact) mass is 1880 g/mol. The molecular weight excluding hydrogens is 1780 g/mol. The Morgan fingerprint density at radius 1 is 0.144 bits per heavy atom. The van der Waals surface area contributed by atoms with Crippen LogP contribution in [0.2, 0.25) is 0 Å². The molecule has 3 aliphatic carbocycles. The molecule has 0 unspecified atom stereocenters. The van der Waals surface area contributed by atoms with Crippen molar-refractivity contribution in [2.24, 2.45) is 0 Å². The summed E-state index contributed by atoms with van der Waals surface area (Å²) >= 11 is 0. The maximum atomic E-state index is 5.11. The second-order valence-electron chi connectivity index (χ2n) is 39.2. The van der Waals surface area contributed by atoms with Crippen LogP contribution in [0, 0.1) is 27.7 Å². The third-order valence-electron chi connectivity index (χ3n) is 28.3. The molecule has 13 nitrogen and oxygen atoms in total. The summed E-state index contributed by atoms with van der Waals surface area (Å²) in [6.45, 7) is 21.9. The molecule has 16 aromatic carbocycles. The zero-order valence-electron chi connectivity index (χ0n) is 82.3. The first-order chi connectivity index (χ1) is 70.7. The fourth-order valence-corrected chi connectivity index (χ4v) is 20.8. The second kappa shape index (κ2) is 38.7. The van der Waals surface area contributed by atoms with Gasteiger partial charge >= 0.3 is 0 Å². The molecule has 22 aromatic rings. The van der Waals surface area contributed by atoms with Gasteiger partial charge in [-0.05, 0) is 242 Å². The summed E-state index contributed by atoms with van der Waals surface area (Å²) in [5.41, 5.74) is 41.9. The van der Waals surface area contributed by atoms with E-state index in [1.165, 1.54) is 66.8 Å². The minimum Gasteiger partial charge on any atom is -0.261 e. The number of rotatable bonds is 16. The van der Waals surface area contributed by atoms with E-state index in [1.54, 1.807) is 0 Å². The van der Waals surface area contributed by atoms with Crippen LogP contribution >= 0.6 is 0 Å². The van der Waals surface area contributed by atoms with E-state index in [4.69, 9.17) is 59.8 Å². The smallest absolute Gasteiger partial charge is 0.164 e. The lowest BCUT2D eigenvalue weighted by atomic mass is 9.82. The third kappa shape index (κ3) is 18.3. The average Bonchev–Trinajstić information content (AvgIpc) is 1.58. The fraction of sp³-hybridized carbons (Fsp3) is 0.105. The summed E-state index contributed by atoms with van der Waals surface area (Å²) in [4.78, 5) is 64.1. The van der Waals surface area contributed by atoms with Gasteiger partial charge in [0.1, 0.15) is 0 Å². The van der Waals surface area contributed by atoms with Gasteiger partial charge in [-0.15, -0.1) is 0 Å². The summed E-state index contributed by atoms with van der Waals surface area (Å²) in [5.74, 6) is 6.44. The fourth-order valence-electron chi connectivity index (χ4n) is 20.8. The van der Waals surface area contributed by atoms with Gasteiger partial charge in [0.25, 0.3) is 0 Å². The predicted octanol–water partition coefficient (Wildman–Crippen LogP) is 32.7. The number of hydrogen-bond acceptors (Lipinski definition) is 13. The Hall–Kier alpha value is -18.1. The molecule has 702 valence electrons. The van der Waals surface area contributed by atoms with Crippen molar-refractivity contribution in [3.8, 4) is 214 Å². The molecule has 3 aliphatic rings. The molecule has 0 fully saturated rings. The van der Waals surface area contributed by atoms with Gasteiger partial charge in [0, 0.05) is 112 Å². The summed E-state index contributed by atoms with van der Waals surface area (Å²) in [6.07, 6.45) is 1.94. The van der Waals surface area contributed by atoms with Crippen LogP contribution in [0.3, 0.4) is 0 Å². The van der Waals surface area contributed by atoms with Crippen molar-refractivity contribution in [3.63, 3.8) is 0 Å². The van der Waals surface area contributed by atoms with E-state index in [-0.39, 0.29) is 23.7 Å². The summed E-state index contributed by atoms with van der Waals surface area (Å²) in [5, 5.41) is 0. The standard InChI is InChI=1S/C48H37N5.2C42H32N4.CH4/c1-30-25-31(2)50-44(49-30)35-21-19-32(20-22-35)37-26-38(36-23-24-43-41(29-36)40-17-11-12-18-42(40)48(43,3)4)28-39(27-37)47-52-45(33-13-7-5-8-14-33)51-46(53-47)34-15-9-6-10-16-34;1-27-13-12-20-38(43-27)32-23-31(30-21-22-37-35(26-30)34-18-10-11-19-36(34)42(37,2)3)24-33(25-32)41-45-39(28-14-6-4-7-15-28)44-40(46-41)29-16-8-5-9-17-29;1-27-18-19-31(26-43-27)33-22-32(30-20-21-38-36(25-30)35-16-10-11-17-37(35)42(38,2)3)23-34(24-33)41-45-39(28-12-6-4-7-13-28)44-40(46-41)29-14-8-5-9-15-29;/h5-29H,1-4H3;2*4-26H,1-3H3;1H4. The van der Waals surface area contributed by atoms with E-state index in [0.29, 0.717) is 52.4 Å². The zero-order valence-corrected chi connectivity index (χ0v) is 82.3. The van der Waals surface area contributed by atoms with Crippen LogP contribution < -0.4 is 0 Å². The Morgan fingerprint density at radius 2 is 0.384 bits per heavy atom. The predicted molar refractivity (Wildman–Crippen MR) is 596 cm³/mol. The third-order valence-corrected chi connectivity index (χ3v) is 28.3. The Morgan fingerprint density at radius 3 is 0.699 bits per heavy atom. The molecule has 0 radical (unpaired) electrons. The van der Waals surface area contributed by atoms with Gasteiger partial charge in [0.15, 0.2) is 58.2 Å². The summed E-state index contributed by atoms with van der Waals surface area (Å²) < 4.78 is 0. The molecule has 6 aromatic heterocycles. The van der Waals surface area contributed by atoms with E-state index < -0.39 is 0 Å². The number of nitrogens with zero attached hydrogens (tertiary/aromatic N) is 13. The molecule has 0 bridgehead atoms. The molecule has 0 saturated carbocycles. The van der Waals surface area contributed by atoms with Crippen LogP contribution in [0.1, 0.15) is 105 Å². The Bertz CT molecular complexity index is 8520. The number of aromatic nitrogens is 13. The Labute approximate surface area is 853 Å². The van der Waals surface area contributed by atoms with E-state index in [9.17, 15) is 0 Å². The van der Waals surface area contributed by atoms with E-state index in [2.05, 4.69) is 277 Å². The maximum absolute atomic E-state index is 5.11. The SMILES string of the molecule is C.Cc1cc(C)nc(-c2ccc(-c3cc(-c4ccc5c(c4)-c4ccccc4C5(C)C)cc(-c4nc(-c5ccccc5)nc(-c5ccccc5)n4)c3)cc2)n1.Cc1ccc(-c2cc(-c3ccc4c(c3)-c3ccccc3C4(C)C)cc(-c3nc(-c4ccccc4)nc(-c4ccccc4)n3)c2)cn1.Cc1cccc(-c2cc(-c3ccc4c(c3)-c3ccccc3C4(C)C)cc(-c3nc(-c4ccccc4)nc(-c4ccccc4)n3)c2)n1. The molecule has 6 heterocycles. The van der Waals surface area contributed by atoms with Crippen LogP contribution in [0.15, 0.2) is 431 Å². The van der Waals surface area contributed by atoms with Crippen molar-refractivity contribution in [1.82, 2.24) is 64.8 Å². The van der Waals surface area contributed by atoms with Crippen molar-refractivity contribution < 1.29 is 0 Å². The average molecular weight is 1890 g/mol. The van der Waals surface area contributed by atoms with Crippen molar-refractivity contribution in [3.05, 3.63) is 487 Å². The molecule has 0 amide bonds. The quantitative estimate of drug-likeness (QED) is 0.0897. The lowest BCUT2D eigenvalue weighted by Gasteiger charge is -2.21. The lowest BCUT2D eigenvalue weighted by molar-refractivity contribution is 0.660. The van der Waals surface area contributed by atoms with Gasteiger partial charge in [0.2, 0.25) is 0 Å². The first kappa shape index (κ1) is 92.9. The van der Waals surface area contributed by atoms with Gasteiger partial charge in [-0.25, -0.2) is 54.8 Å². The minimum atomic E-state index is -0.0642. The number of hydrogen-bond donors (Lipinski definition) is 0. The van der Waals surface area contributed by atoms with Crippen LogP contribution in [-0.2, 0) is 16.2 Å². The van der Waals surface area contributed by atoms with E-state index in [1.807, 2.05) is 228 Å². The number of benzene rings is 16. The molecule has 25 rings (SSSR count). The lowest BCUT2D eigenvalue weighted by Crippen LogP contribution is -2.14. The van der Waals surface area contributed by atoms with E-state index in [0.717, 1.165) is 151 Å². The summed E-state index contributed by atoms with van der Waals surface area (Å²) in [7, 11) is 0. The van der Waals surface area contributed by atoms with Crippen molar-refractivity contribution in [1.29, 1.82) is 0 Å². The topological polar surface area (TPSA) is 168 Å². The van der Waals surface area contributed by atoms with Crippen LogP contribution in [0.5, 0.6) is 0 Å².